The Morgan fingerprint density at radius 2 is 1.75 bits per heavy atom. The molecular weight excluding hydrogens is 308 g/mol. The average Bonchev–Trinajstić information content (AvgIpc) is 2.49. The molecule has 134 valence electrons. The van der Waals surface area contributed by atoms with Crippen molar-refractivity contribution in [2.75, 3.05) is 27.3 Å². The zero-order valence-electron chi connectivity index (χ0n) is 15.4. The van der Waals surface area contributed by atoms with Crippen molar-refractivity contribution in [2.45, 2.75) is 39.7 Å². The molecule has 6 heteroatoms. The maximum Gasteiger partial charge on any atom is 0.224 e. The first-order chi connectivity index (χ1) is 11.2. The lowest BCUT2D eigenvalue weighted by molar-refractivity contribution is -0.134. The summed E-state index contributed by atoms with van der Waals surface area (Å²) in [6, 6.07) is 5.39. The van der Waals surface area contributed by atoms with Crippen molar-refractivity contribution in [1.29, 1.82) is 0 Å². The van der Waals surface area contributed by atoms with E-state index in [1.165, 1.54) is 6.92 Å². The smallest absolute Gasteiger partial charge is 0.224 e. The van der Waals surface area contributed by atoms with Crippen molar-refractivity contribution in [2.24, 2.45) is 0 Å². The molecule has 0 saturated carbocycles. The second kappa shape index (κ2) is 8.57. The summed E-state index contributed by atoms with van der Waals surface area (Å²) in [6.45, 7) is 8.36. The molecular formula is C18H28N2O4. The van der Waals surface area contributed by atoms with Gasteiger partial charge in [-0.15, -0.1) is 0 Å². The summed E-state index contributed by atoms with van der Waals surface area (Å²) in [7, 11) is 3.13. The summed E-state index contributed by atoms with van der Waals surface area (Å²) in [4.78, 5) is 25.5. The van der Waals surface area contributed by atoms with E-state index >= 15 is 0 Å². The molecule has 0 atom stereocenters. The molecule has 0 radical (unpaired) electrons. The minimum Gasteiger partial charge on any atom is -0.493 e. The number of ether oxygens (including phenoxy) is 2. The Labute approximate surface area is 144 Å². The van der Waals surface area contributed by atoms with Gasteiger partial charge in [0.05, 0.1) is 20.6 Å². The van der Waals surface area contributed by atoms with Gasteiger partial charge in [-0.1, -0.05) is 6.07 Å². The number of rotatable bonds is 7. The standard InChI is InChI=1S/C18H28N2O4/c1-13(21)20(18(2,3)4)10-9-19-17(22)12-14-7-8-15(23-5)16(11-14)24-6/h7-8,11H,9-10,12H2,1-6H3,(H,19,22). The van der Waals surface area contributed by atoms with Crippen molar-refractivity contribution in [3.63, 3.8) is 0 Å². The Morgan fingerprint density at radius 1 is 1.12 bits per heavy atom. The quantitative estimate of drug-likeness (QED) is 0.827. The minimum absolute atomic E-state index is 0.00311. The zero-order valence-corrected chi connectivity index (χ0v) is 15.4. The van der Waals surface area contributed by atoms with Gasteiger partial charge in [-0.25, -0.2) is 0 Å². The fourth-order valence-corrected chi connectivity index (χ4v) is 2.51. The molecule has 0 aliphatic carbocycles. The van der Waals surface area contributed by atoms with Gasteiger partial charge in [0.15, 0.2) is 11.5 Å². The van der Waals surface area contributed by atoms with Gasteiger partial charge in [0.25, 0.3) is 0 Å². The fourth-order valence-electron chi connectivity index (χ4n) is 2.51. The third kappa shape index (κ3) is 5.76. The van der Waals surface area contributed by atoms with Gasteiger partial charge in [-0.3, -0.25) is 9.59 Å². The summed E-state index contributed by atoms with van der Waals surface area (Å²) in [5.74, 6) is 1.12. The van der Waals surface area contributed by atoms with Crippen LogP contribution in [0.25, 0.3) is 0 Å². The molecule has 1 aromatic rings. The van der Waals surface area contributed by atoms with Gasteiger partial charge in [-0.05, 0) is 38.5 Å². The molecule has 1 aromatic carbocycles. The zero-order chi connectivity index (χ0) is 18.3. The van der Waals surface area contributed by atoms with Crippen LogP contribution in [-0.2, 0) is 16.0 Å². The number of nitrogens with one attached hydrogen (secondary N) is 1. The predicted octanol–water partition coefficient (Wildman–Crippen LogP) is 2.01. The second-order valence-electron chi connectivity index (χ2n) is 6.56. The Hall–Kier alpha value is -2.24. The highest BCUT2D eigenvalue weighted by atomic mass is 16.5. The van der Waals surface area contributed by atoms with Gasteiger partial charge in [0.1, 0.15) is 0 Å². The third-order valence-electron chi connectivity index (χ3n) is 3.66. The molecule has 1 rings (SSSR count). The van der Waals surface area contributed by atoms with Crippen LogP contribution in [0.15, 0.2) is 18.2 Å². The number of carbonyl (C=O) groups is 2. The molecule has 0 fully saturated rings. The van der Waals surface area contributed by atoms with E-state index in [1.807, 2.05) is 26.8 Å². The van der Waals surface area contributed by atoms with Crippen LogP contribution in [0, 0.1) is 0 Å². The Bertz CT molecular complexity index is 579. The van der Waals surface area contributed by atoms with Crippen LogP contribution in [0.3, 0.4) is 0 Å². The minimum atomic E-state index is -0.264. The first-order valence-corrected chi connectivity index (χ1v) is 7.95. The van der Waals surface area contributed by atoms with E-state index in [9.17, 15) is 9.59 Å². The lowest BCUT2D eigenvalue weighted by Gasteiger charge is -2.35. The van der Waals surface area contributed by atoms with Crippen LogP contribution >= 0.6 is 0 Å². The third-order valence-corrected chi connectivity index (χ3v) is 3.66. The van der Waals surface area contributed by atoms with Crippen LogP contribution < -0.4 is 14.8 Å². The average molecular weight is 336 g/mol. The van der Waals surface area contributed by atoms with Gasteiger partial charge in [-0.2, -0.15) is 0 Å². The highest BCUT2D eigenvalue weighted by Gasteiger charge is 2.23. The van der Waals surface area contributed by atoms with Crippen molar-refractivity contribution in [3.8, 4) is 11.5 Å². The van der Waals surface area contributed by atoms with Crippen LogP contribution in [0.2, 0.25) is 0 Å². The molecule has 2 amide bonds. The van der Waals surface area contributed by atoms with Crippen LogP contribution in [-0.4, -0.2) is 49.6 Å². The van der Waals surface area contributed by atoms with Crippen LogP contribution in [0.1, 0.15) is 33.3 Å². The molecule has 0 saturated heterocycles. The summed E-state index contributed by atoms with van der Waals surface area (Å²) in [6.07, 6.45) is 0.246. The summed E-state index contributed by atoms with van der Waals surface area (Å²) >= 11 is 0. The Kier molecular flexibility index (Phi) is 7.07. The van der Waals surface area contributed by atoms with E-state index in [-0.39, 0.29) is 23.8 Å². The normalized spacial score (nSPS) is 10.9. The summed E-state index contributed by atoms with van der Waals surface area (Å²) in [5.41, 5.74) is 0.573. The lowest BCUT2D eigenvalue weighted by atomic mass is 10.1. The topological polar surface area (TPSA) is 67.9 Å². The largest absolute Gasteiger partial charge is 0.493 e. The van der Waals surface area contributed by atoms with Gasteiger partial charge in [0.2, 0.25) is 11.8 Å². The molecule has 0 aromatic heterocycles. The molecule has 0 heterocycles. The van der Waals surface area contributed by atoms with Crippen molar-refractivity contribution >= 4 is 11.8 Å². The number of hydrogen-bond donors (Lipinski definition) is 1. The summed E-state index contributed by atoms with van der Waals surface area (Å²) in [5, 5.41) is 2.85. The highest BCUT2D eigenvalue weighted by Crippen LogP contribution is 2.27. The molecule has 0 spiro atoms. The fraction of sp³-hybridized carbons (Fsp3) is 0.556. The maximum atomic E-state index is 12.1. The van der Waals surface area contributed by atoms with Gasteiger partial charge < -0.3 is 19.7 Å². The molecule has 24 heavy (non-hydrogen) atoms. The highest BCUT2D eigenvalue weighted by molar-refractivity contribution is 5.79. The van der Waals surface area contributed by atoms with Crippen molar-refractivity contribution in [3.05, 3.63) is 23.8 Å². The number of hydrogen-bond acceptors (Lipinski definition) is 4. The van der Waals surface area contributed by atoms with Gasteiger partial charge >= 0.3 is 0 Å². The van der Waals surface area contributed by atoms with Crippen LogP contribution in [0.4, 0.5) is 0 Å². The van der Waals surface area contributed by atoms with E-state index in [0.717, 1.165) is 5.56 Å². The SMILES string of the molecule is COc1ccc(CC(=O)NCCN(C(C)=O)C(C)(C)C)cc1OC. The maximum absolute atomic E-state index is 12.1. The molecule has 6 nitrogen and oxygen atoms in total. The summed E-state index contributed by atoms with van der Waals surface area (Å²) < 4.78 is 10.4. The first-order valence-electron chi connectivity index (χ1n) is 7.95. The van der Waals surface area contributed by atoms with Gasteiger partial charge in [0, 0.05) is 25.6 Å². The number of benzene rings is 1. The van der Waals surface area contributed by atoms with E-state index in [0.29, 0.717) is 24.6 Å². The van der Waals surface area contributed by atoms with Crippen molar-refractivity contribution < 1.29 is 19.1 Å². The number of amides is 2. The van der Waals surface area contributed by atoms with E-state index in [4.69, 9.17) is 9.47 Å². The number of carbonyl (C=O) groups excluding carboxylic acids is 2. The van der Waals surface area contributed by atoms with Crippen LogP contribution in [0.5, 0.6) is 11.5 Å². The molecule has 1 N–H and O–H groups in total. The van der Waals surface area contributed by atoms with E-state index < -0.39 is 0 Å². The molecule has 0 bridgehead atoms. The number of nitrogens with zero attached hydrogens (tertiary/aromatic N) is 1. The monoisotopic (exact) mass is 336 g/mol. The first kappa shape index (κ1) is 19.8. The molecule has 0 unspecified atom stereocenters. The Morgan fingerprint density at radius 3 is 2.25 bits per heavy atom. The predicted molar refractivity (Wildman–Crippen MR) is 93.4 cm³/mol. The molecule has 0 aliphatic heterocycles. The second-order valence-corrected chi connectivity index (χ2v) is 6.56. The van der Waals surface area contributed by atoms with Crippen molar-refractivity contribution in [1.82, 2.24) is 10.2 Å². The number of methoxy groups -OCH3 is 2. The van der Waals surface area contributed by atoms with E-state index in [1.54, 1.807) is 31.3 Å². The Balaban J connectivity index is 2.56. The van der Waals surface area contributed by atoms with E-state index in [2.05, 4.69) is 5.32 Å². The lowest BCUT2D eigenvalue weighted by Crippen LogP contribution is -2.48. The molecule has 0 aliphatic rings.